The van der Waals surface area contributed by atoms with Gasteiger partial charge in [-0.25, -0.2) is 0 Å². The quantitative estimate of drug-likeness (QED) is 0.0814. The number of carbonyl (C=O) groups excluding carboxylic acids is 1. The van der Waals surface area contributed by atoms with Crippen molar-refractivity contribution in [2.45, 2.75) is 90.9 Å². The highest BCUT2D eigenvalue weighted by Crippen LogP contribution is 2.27. The summed E-state index contributed by atoms with van der Waals surface area (Å²) in [5.74, 6) is -0.489. The summed E-state index contributed by atoms with van der Waals surface area (Å²) < 4.78 is 0. The third-order valence-electron chi connectivity index (χ3n) is 7.68. The third kappa shape index (κ3) is 12.2. The molecule has 6 nitrogen and oxygen atoms in total. The van der Waals surface area contributed by atoms with Gasteiger partial charge in [-0.1, -0.05) is 114 Å². The summed E-state index contributed by atoms with van der Waals surface area (Å²) in [6.45, 7) is 6.72. The van der Waals surface area contributed by atoms with E-state index in [4.69, 9.17) is 11.6 Å². The SMILES string of the molecule is CCCCCCCCN(CCCCCCCC)c1ccc(-c2ccc(NC(=O)c3cc([N+](=O)[O-])ccc3Cl)cc2)cc1.Cl. The van der Waals surface area contributed by atoms with E-state index in [0.717, 1.165) is 24.2 Å². The first-order valence-corrected chi connectivity index (χ1v) is 16.0. The van der Waals surface area contributed by atoms with Crippen molar-refractivity contribution < 1.29 is 9.72 Å². The van der Waals surface area contributed by atoms with E-state index in [2.05, 4.69) is 48.3 Å². The fraction of sp³-hybridized carbons (Fsp3) is 0.457. The van der Waals surface area contributed by atoms with Crippen molar-refractivity contribution in [2.75, 3.05) is 23.3 Å². The second-order valence-electron chi connectivity index (χ2n) is 11.0. The average Bonchev–Trinajstić information content (AvgIpc) is 3.00. The summed E-state index contributed by atoms with van der Waals surface area (Å²) in [7, 11) is 0. The summed E-state index contributed by atoms with van der Waals surface area (Å²) >= 11 is 6.12. The molecule has 0 aliphatic rings. The van der Waals surface area contributed by atoms with Crippen LogP contribution in [-0.2, 0) is 0 Å². The van der Waals surface area contributed by atoms with E-state index >= 15 is 0 Å². The zero-order valence-corrected chi connectivity index (χ0v) is 27.2. The molecule has 1 N–H and O–H groups in total. The summed E-state index contributed by atoms with van der Waals surface area (Å²) in [6.07, 6.45) is 15.6. The maximum Gasteiger partial charge on any atom is 0.270 e. The minimum atomic E-state index is -0.546. The number of hydrogen-bond acceptors (Lipinski definition) is 4. The standard InChI is InChI=1S/C35H46ClN3O3.ClH/c1-3-5-7-9-11-13-25-38(26-14-12-10-8-6-4-2)31-21-17-29(18-22-31)28-15-19-30(20-16-28)37-35(40)33-27-32(39(41)42)23-24-34(33)36;/h15-24,27H,3-14,25-26H2,1-2H3,(H,37,40);1H. The van der Waals surface area contributed by atoms with E-state index in [1.54, 1.807) is 0 Å². The number of halogens is 2. The largest absolute Gasteiger partial charge is 0.372 e. The lowest BCUT2D eigenvalue weighted by atomic mass is 10.0. The molecule has 0 aromatic heterocycles. The highest BCUT2D eigenvalue weighted by molar-refractivity contribution is 6.34. The highest BCUT2D eigenvalue weighted by atomic mass is 35.5. The van der Waals surface area contributed by atoms with Crippen molar-refractivity contribution in [2.24, 2.45) is 0 Å². The molecule has 0 fully saturated rings. The molecule has 0 heterocycles. The number of amides is 1. The number of benzene rings is 3. The van der Waals surface area contributed by atoms with Crippen LogP contribution >= 0.6 is 24.0 Å². The minimum absolute atomic E-state index is 0. The second-order valence-corrected chi connectivity index (χ2v) is 11.4. The van der Waals surface area contributed by atoms with E-state index < -0.39 is 10.8 Å². The van der Waals surface area contributed by atoms with Gasteiger partial charge in [-0.05, 0) is 54.3 Å². The van der Waals surface area contributed by atoms with Gasteiger partial charge in [0.1, 0.15) is 0 Å². The molecule has 0 aliphatic heterocycles. The molecule has 3 aromatic carbocycles. The highest BCUT2D eigenvalue weighted by Gasteiger charge is 2.16. The van der Waals surface area contributed by atoms with Crippen molar-refractivity contribution in [1.82, 2.24) is 0 Å². The molecule has 0 aliphatic carbocycles. The fourth-order valence-corrected chi connectivity index (χ4v) is 5.35. The Hall–Kier alpha value is -3.09. The third-order valence-corrected chi connectivity index (χ3v) is 8.01. The molecule has 8 heteroatoms. The second kappa shape index (κ2) is 20.0. The van der Waals surface area contributed by atoms with Gasteiger partial charge in [0.2, 0.25) is 0 Å². The summed E-state index contributed by atoms with van der Waals surface area (Å²) in [5.41, 5.74) is 3.91. The number of non-ortho nitro benzene ring substituents is 1. The van der Waals surface area contributed by atoms with Crippen molar-refractivity contribution in [3.05, 3.63) is 87.4 Å². The molecule has 234 valence electrons. The van der Waals surface area contributed by atoms with E-state index in [0.29, 0.717) is 5.69 Å². The van der Waals surface area contributed by atoms with Crippen LogP contribution in [-0.4, -0.2) is 23.9 Å². The van der Waals surface area contributed by atoms with Gasteiger partial charge in [-0.3, -0.25) is 14.9 Å². The fourth-order valence-electron chi connectivity index (χ4n) is 5.15. The van der Waals surface area contributed by atoms with Crippen LogP contribution in [0.15, 0.2) is 66.7 Å². The van der Waals surface area contributed by atoms with Gasteiger partial charge < -0.3 is 10.2 Å². The Morgan fingerprint density at radius 3 is 1.74 bits per heavy atom. The maximum atomic E-state index is 12.7. The van der Waals surface area contributed by atoms with Crippen molar-refractivity contribution in [3.63, 3.8) is 0 Å². The number of hydrogen-bond donors (Lipinski definition) is 1. The Morgan fingerprint density at radius 2 is 1.23 bits per heavy atom. The number of nitrogens with one attached hydrogen (secondary N) is 1. The summed E-state index contributed by atoms with van der Waals surface area (Å²) in [6, 6.07) is 20.2. The number of nitrogens with zero attached hydrogens (tertiary/aromatic N) is 2. The van der Waals surface area contributed by atoms with Gasteiger partial charge in [0.05, 0.1) is 15.5 Å². The molecule has 0 spiro atoms. The minimum Gasteiger partial charge on any atom is -0.372 e. The maximum absolute atomic E-state index is 12.7. The van der Waals surface area contributed by atoms with Crippen LogP contribution in [0.1, 0.15) is 101 Å². The zero-order valence-electron chi connectivity index (χ0n) is 25.7. The van der Waals surface area contributed by atoms with Crippen LogP contribution < -0.4 is 10.2 Å². The van der Waals surface area contributed by atoms with Crippen molar-refractivity contribution >= 4 is 47.0 Å². The van der Waals surface area contributed by atoms with Crippen molar-refractivity contribution in [3.8, 4) is 11.1 Å². The molecule has 0 radical (unpaired) electrons. The van der Waals surface area contributed by atoms with E-state index in [1.165, 1.54) is 101 Å². The Balaban J connectivity index is 0.00000645. The van der Waals surface area contributed by atoms with Gasteiger partial charge in [-0.2, -0.15) is 0 Å². The Kier molecular flexibility index (Phi) is 16.8. The monoisotopic (exact) mass is 627 g/mol. The predicted molar refractivity (Wildman–Crippen MR) is 184 cm³/mol. The zero-order chi connectivity index (χ0) is 30.2. The number of rotatable bonds is 19. The molecule has 0 saturated heterocycles. The molecule has 0 atom stereocenters. The molecule has 1 amide bonds. The van der Waals surface area contributed by atoms with E-state index in [1.807, 2.05) is 24.3 Å². The lowest BCUT2D eigenvalue weighted by Gasteiger charge is -2.25. The first-order valence-electron chi connectivity index (χ1n) is 15.6. The van der Waals surface area contributed by atoms with E-state index in [-0.39, 0.29) is 28.7 Å². The van der Waals surface area contributed by atoms with Gasteiger partial charge in [0.15, 0.2) is 0 Å². The van der Waals surface area contributed by atoms with Gasteiger partial charge >= 0.3 is 0 Å². The van der Waals surface area contributed by atoms with Crippen LogP contribution in [0.4, 0.5) is 17.1 Å². The van der Waals surface area contributed by atoms with Crippen LogP contribution in [0, 0.1) is 10.1 Å². The molecule has 43 heavy (non-hydrogen) atoms. The lowest BCUT2D eigenvalue weighted by molar-refractivity contribution is -0.384. The molecule has 0 unspecified atom stereocenters. The number of nitro groups is 1. The van der Waals surface area contributed by atoms with Crippen molar-refractivity contribution in [1.29, 1.82) is 0 Å². The van der Waals surface area contributed by atoms with Gasteiger partial charge in [0, 0.05) is 36.6 Å². The molecular weight excluding hydrogens is 581 g/mol. The molecular formula is C35H47Cl2N3O3. The Morgan fingerprint density at radius 1 is 0.744 bits per heavy atom. The number of nitro benzene ring substituents is 1. The molecule has 0 saturated carbocycles. The van der Waals surface area contributed by atoms with Gasteiger partial charge in [0.25, 0.3) is 11.6 Å². The normalized spacial score (nSPS) is 10.7. The summed E-state index contributed by atoms with van der Waals surface area (Å²) in [4.78, 5) is 25.8. The smallest absolute Gasteiger partial charge is 0.270 e. The van der Waals surface area contributed by atoms with Crippen LogP contribution in [0.5, 0.6) is 0 Å². The Labute approximate surface area is 268 Å². The van der Waals surface area contributed by atoms with Crippen LogP contribution in [0.3, 0.4) is 0 Å². The number of anilines is 2. The lowest BCUT2D eigenvalue weighted by Crippen LogP contribution is -2.25. The van der Waals surface area contributed by atoms with Gasteiger partial charge in [-0.15, -0.1) is 12.4 Å². The first kappa shape index (κ1) is 36.1. The summed E-state index contributed by atoms with van der Waals surface area (Å²) in [5, 5.41) is 14.0. The molecule has 3 rings (SSSR count). The number of carbonyl (C=O) groups is 1. The average molecular weight is 629 g/mol. The Bertz CT molecular complexity index is 1230. The number of unbranched alkanes of at least 4 members (excludes halogenated alkanes) is 10. The molecule has 0 bridgehead atoms. The molecule has 3 aromatic rings. The first-order chi connectivity index (χ1) is 20.4. The van der Waals surface area contributed by atoms with Crippen LogP contribution in [0.2, 0.25) is 5.02 Å². The van der Waals surface area contributed by atoms with E-state index in [9.17, 15) is 14.9 Å². The predicted octanol–water partition coefficient (Wildman–Crippen LogP) is 11.1. The topological polar surface area (TPSA) is 75.5 Å². The van der Waals surface area contributed by atoms with Crippen LogP contribution in [0.25, 0.3) is 11.1 Å².